The molecule has 13 rings (SSSR count). The molecule has 2 unspecified atom stereocenters. The van der Waals surface area contributed by atoms with Crippen LogP contribution in [-0.4, -0.2) is 99.5 Å². The van der Waals surface area contributed by atoms with Gasteiger partial charge in [-0.3, -0.25) is 24.4 Å². The molecule has 1 saturated heterocycles. The molecule has 23 heteroatoms. The quantitative estimate of drug-likeness (QED) is 0.0957. The van der Waals surface area contributed by atoms with Gasteiger partial charge in [-0.05, 0) is 131 Å². The molecule has 9 heterocycles. The molecule has 3 fully saturated rings. The standard InChI is InChI=1S/C24H23N5OS.C19H21BN2O2S.C11H14BrN3O.CH2O3.CH4.2K.H/c1-13-24(30)28(3)12-20-22(27-23(29(13)20)15-7-8-15)17-6-4-5-16-9-19(26-10-18(16)17)21-11-25-14(2)31-21;1-12-21-11-17(25-12)16-9-13-7-6-8-15(14(13)10-22-16)20-23-18(2,3)19(4,5)24-20;1-6-11(16)14(2)5-8-9(12)13-10(15(6)8)7-3-4-7;2-1-4-3;;;;/h4-6,9-11,13,15H,7-8,12H2,1-3H3;6-11H,1-5H3;6-7H,3-5H2,1-2H3;1,3H;1H4;;;/q;;;;;2*+1;-1/p-1. The van der Waals surface area contributed by atoms with Crippen molar-refractivity contribution in [2.45, 2.75) is 137 Å². The van der Waals surface area contributed by atoms with E-state index in [4.69, 9.17) is 29.3 Å². The maximum Gasteiger partial charge on any atom is 1.00 e. The zero-order valence-electron chi connectivity index (χ0n) is 47.2. The molecule has 404 valence electrons. The number of carbonyl (C=O) groups is 3. The number of amides is 2. The SMILES string of the molecule is C.CC1C(=O)N(C)Cc2c(Br)nc(C3CC3)n21.Cc1ncc(-c2cc3cccc(-c4nc(C5CC5)n5c4CN(C)C(=O)C5C)c3cn2)s1.Cc1ncc(-c2cc3cccc(B4OC(C)(C)C(C)(C)O4)c3cn2)s1.O=CO[O-].[H-].[K+].[K+]. The Bertz CT molecular complexity index is 3540. The normalized spacial score (nSPS) is 18.6. The molecule has 5 aliphatic rings. The molecule has 2 aromatic carbocycles. The Morgan fingerprint density at radius 2 is 1.18 bits per heavy atom. The van der Waals surface area contributed by atoms with Crippen molar-refractivity contribution < 1.29 is 138 Å². The van der Waals surface area contributed by atoms with Gasteiger partial charge in [0.2, 0.25) is 11.8 Å². The van der Waals surface area contributed by atoms with Gasteiger partial charge in [-0.2, -0.15) is 0 Å². The van der Waals surface area contributed by atoms with Gasteiger partial charge in [-0.25, -0.2) is 19.9 Å². The van der Waals surface area contributed by atoms with Crippen molar-refractivity contribution in [1.82, 2.24) is 48.8 Å². The summed E-state index contributed by atoms with van der Waals surface area (Å²) in [4.78, 5) is 69.4. The Labute approximate surface area is 564 Å². The summed E-state index contributed by atoms with van der Waals surface area (Å²) in [5.74, 6) is 3.54. The third-order valence-corrected chi connectivity index (χ3v) is 17.5. The number of hydrogen-bond donors (Lipinski definition) is 0. The maximum atomic E-state index is 12.7. The van der Waals surface area contributed by atoms with Crippen LogP contribution in [0.5, 0.6) is 0 Å². The van der Waals surface area contributed by atoms with E-state index in [9.17, 15) is 9.59 Å². The minimum Gasteiger partial charge on any atom is -1.00 e. The van der Waals surface area contributed by atoms with Crippen LogP contribution < -0.4 is 113 Å². The second kappa shape index (κ2) is 25.9. The topological polar surface area (TPSA) is 196 Å². The largest absolute Gasteiger partial charge is 1.00 e. The molecule has 79 heavy (non-hydrogen) atoms. The van der Waals surface area contributed by atoms with Crippen LogP contribution in [0.15, 0.2) is 77.9 Å². The Morgan fingerprint density at radius 1 is 0.722 bits per heavy atom. The van der Waals surface area contributed by atoms with Gasteiger partial charge in [0.05, 0.1) is 72.5 Å². The number of thiazole rings is 2. The summed E-state index contributed by atoms with van der Waals surface area (Å²) >= 11 is 6.82. The van der Waals surface area contributed by atoms with E-state index in [2.05, 4.69) is 120 Å². The number of nitrogens with zero attached hydrogens (tertiary/aromatic N) is 10. The van der Waals surface area contributed by atoms with Gasteiger partial charge in [0.25, 0.3) is 6.47 Å². The number of likely N-dealkylation sites (N-methyl/N-ethyl adjacent to an activating group) is 2. The second-order valence-electron chi connectivity index (χ2n) is 21.0. The molecule has 0 spiro atoms. The third-order valence-electron chi connectivity index (χ3n) is 15.0. The number of aryl methyl sites for hydroxylation is 2. The number of pyridine rings is 2. The van der Waals surface area contributed by atoms with Crippen molar-refractivity contribution in [3.8, 4) is 32.4 Å². The van der Waals surface area contributed by atoms with E-state index in [0.29, 0.717) is 24.9 Å². The van der Waals surface area contributed by atoms with E-state index in [1.807, 2.05) is 77.5 Å². The molecule has 6 aromatic heterocycles. The molecule has 0 radical (unpaired) electrons. The van der Waals surface area contributed by atoms with Gasteiger partial charge in [0.15, 0.2) is 0 Å². The number of benzene rings is 2. The van der Waals surface area contributed by atoms with E-state index in [1.165, 1.54) is 12.8 Å². The summed E-state index contributed by atoms with van der Waals surface area (Å²) in [6.07, 6.45) is 12.4. The minimum absolute atomic E-state index is 0. The summed E-state index contributed by atoms with van der Waals surface area (Å²) < 4.78 is 17.7. The first-order valence-electron chi connectivity index (χ1n) is 25.4. The van der Waals surface area contributed by atoms with Crippen LogP contribution in [0.1, 0.15) is 133 Å². The van der Waals surface area contributed by atoms with E-state index in [1.54, 1.807) is 27.6 Å². The van der Waals surface area contributed by atoms with Gasteiger partial charge < -0.3 is 39.8 Å². The fraction of sp³-hybridized carbons (Fsp3) is 0.411. The van der Waals surface area contributed by atoms with Crippen LogP contribution in [0.4, 0.5) is 0 Å². The second-order valence-corrected chi connectivity index (χ2v) is 24.2. The molecule has 0 bridgehead atoms. The summed E-state index contributed by atoms with van der Waals surface area (Å²) in [5.41, 5.74) is 6.55. The average Bonchev–Trinajstić information content (AvgIpc) is 4.25. The van der Waals surface area contributed by atoms with Crippen molar-refractivity contribution >= 4 is 91.0 Å². The Balaban J connectivity index is 0.000000190. The summed E-state index contributed by atoms with van der Waals surface area (Å²) in [5, 5.41) is 14.9. The zero-order chi connectivity index (χ0) is 54.0. The van der Waals surface area contributed by atoms with Crippen LogP contribution in [-0.2, 0) is 41.7 Å². The molecule has 8 aromatic rings. The first kappa shape index (κ1) is 63.6. The molecule has 0 N–H and O–H groups in total. The van der Waals surface area contributed by atoms with Crippen molar-refractivity contribution in [2.24, 2.45) is 0 Å². The van der Waals surface area contributed by atoms with Crippen molar-refractivity contribution in [3.05, 3.63) is 111 Å². The fourth-order valence-electron chi connectivity index (χ4n) is 10.0. The van der Waals surface area contributed by atoms with E-state index >= 15 is 0 Å². The Hall–Kier alpha value is -2.95. The van der Waals surface area contributed by atoms with Crippen molar-refractivity contribution in [2.75, 3.05) is 14.1 Å². The molecule has 2 aliphatic carbocycles. The van der Waals surface area contributed by atoms with E-state index < -0.39 is 0 Å². The Morgan fingerprint density at radius 3 is 1.66 bits per heavy atom. The number of halogens is 1. The van der Waals surface area contributed by atoms with Gasteiger partial charge >= 0.3 is 110 Å². The number of carbonyl (C=O) groups excluding carboxylic acids is 3. The number of aromatic nitrogens is 8. The fourth-order valence-corrected chi connectivity index (χ4v) is 12.0. The van der Waals surface area contributed by atoms with Gasteiger partial charge in [-0.15, -0.1) is 22.7 Å². The smallest absolute Gasteiger partial charge is 1.00 e. The first-order valence-corrected chi connectivity index (χ1v) is 27.8. The van der Waals surface area contributed by atoms with Crippen LogP contribution in [0.2, 0.25) is 0 Å². The van der Waals surface area contributed by atoms with Crippen LogP contribution >= 0.6 is 38.6 Å². The Kier molecular flexibility index (Phi) is 20.9. The van der Waals surface area contributed by atoms with Gasteiger partial charge in [0.1, 0.15) is 28.3 Å². The molecule has 2 saturated carbocycles. The molecule has 3 aliphatic heterocycles. The molecule has 2 amide bonds. The number of fused-ring (bicyclic) bond motifs is 4. The van der Waals surface area contributed by atoms with Crippen molar-refractivity contribution in [1.29, 1.82) is 0 Å². The van der Waals surface area contributed by atoms with E-state index in [0.717, 1.165) is 110 Å². The molecular weight excluding hydrogens is 1160 g/mol. The van der Waals surface area contributed by atoms with E-state index in [-0.39, 0.29) is 160 Å². The third kappa shape index (κ3) is 13.1. The minimum atomic E-state index is -0.382. The molecular formula is C56H64BBrK2N10O7S2. The maximum absolute atomic E-state index is 12.7. The average molecular weight is 1220 g/mol. The van der Waals surface area contributed by atoms with Crippen LogP contribution in [0.25, 0.3) is 53.9 Å². The van der Waals surface area contributed by atoms with Gasteiger partial charge in [-0.1, -0.05) is 43.8 Å². The van der Waals surface area contributed by atoms with Crippen LogP contribution in [0, 0.1) is 13.8 Å². The van der Waals surface area contributed by atoms with Crippen LogP contribution in [0.3, 0.4) is 0 Å². The zero-order valence-corrected chi connectivity index (χ0v) is 55.6. The molecule has 17 nitrogen and oxygen atoms in total. The van der Waals surface area contributed by atoms with Gasteiger partial charge in [0, 0.05) is 61.7 Å². The van der Waals surface area contributed by atoms with Crippen molar-refractivity contribution in [3.63, 3.8) is 0 Å². The summed E-state index contributed by atoms with van der Waals surface area (Å²) in [6, 6.07) is 16.5. The number of imidazole rings is 2. The first-order chi connectivity index (χ1) is 36.3. The predicted octanol–water partition coefficient (Wildman–Crippen LogP) is 4.15. The number of hydrogen-bond acceptors (Lipinski definition) is 15. The number of rotatable bonds is 7. The monoisotopic (exact) mass is 1220 g/mol. The summed E-state index contributed by atoms with van der Waals surface area (Å²) in [6.45, 7) is 17.3. The predicted molar refractivity (Wildman–Crippen MR) is 303 cm³/mol. The molecule has 2 atom stereocenters. The summed E-state index contributed by atoms with van der Waals surface area (Å²) in [7, 11) is 3.34.